The molecular weight excluding hydrogens is 616 g/mol. The molecule has 1 amide bonds. The second-order valence-corrected chi connectivity index (χ2v) is 13.7. The summed E-state index contributed by atoms with van der Waals surface area (Å²) in [6.45, 7) is 12.7. The summed E-state index contributed by atoms with van der Waals surface area (Å²) in [5.41, 5.74) is 5.42. The maximum atomic E-state index is 15.5. The standard InChI is InChI=1S/C23H27FN6O2.C7H16BNO4S/c1-26-18-2-3-21(28-15-18)32-19-5-10-30(11-6-19)22(31)23(24)7-12-29(13-8-23)16-17-4-9-27-20(25)14-17;1-8(10)9-5-3-7(4-6-9)13-14(2,11)12/h2-4,9,14-15,19H,5-8,10-13,16H2,(H2,25,27);7,10H,3-6H2,1-2H3. The summed E-state index contributed by atoms with van der Waals surface area (Å²) in [4.78, 5) is 30.1. The fraction of sp³-hybridized carbons (Fsp3) is 0.600. The van der Waals surface area contributed by atoms with Crippen LogP contribution in [-0.4, -0.2) is 114 Å². The average molecular weight is 660 g/mol. The van der Waals surface area contributed by atoms with Crippen molar-refractivity contribution in [3.63, 3.8) is 0 Å². The molecule has 0 spiro atoms. The molecule has 46 heavy (non-hydrogen) atoms. The van der Waals surface area contributed by atoms with E-state index in [2.05, 4.69) is 19.7 Å². The van der Waals surface area contributed by atoms with Crippen molar-refractivity contribution in [2.45, 2.75) is 69.8 Å². The van der Waals surface area contributed by atoms with Gasteiger partial charge in [-0.2, -0.15) is 8.42 Å². The molecule has 5 heterocycles. The Balaban J connectivity index is 0.000000288. The number of rotatable bonds is 8. The summed E-state index contributed by atoms with van der Waals surface area (Å²) >= 11 is 0. The number of anilines is 1. The number of nitrogen functional groups attached to an aromatic ring is 1. The predicted octanol–water partition coefficient (Wildman–Crippen LogP) is 2.52. The van der Waals surface area contributed by atoms with Gasteiger partial charge in [0, 0.05) is 70.8 Å². The molecule has 0 saturated carbocycles. The van der Waals surface area contributed by atoms with E-state index < -0.39 is 28.7 Å². The number of ether oxygens (including phenoxy) is 1. The van der Waals surface area contributed by atoms with Crippen LogP contribution in [0.25, 0.3) is 4.85 Å². The number of aromatic nitrogens is 2. The van der Waals surface area contributed by atoms with E-state index in [1.165, 1.54) is 6.20 Å². The van der Waals surface area contributed by atoms with Gasteiger partial charge in [-0.15, -0.1) is 0 Å². The van der Waals surface area contributed by atoms with E-state index >= 15 is 4.39 Å². The third-order valence-electron chi connectivity index (χ3n) is 8.47. The fourth-order valence-corrected chi connectivity index (χ4v) is 6.55. The zero-order valence-electron chi connectivity index (χ0n) is 26.4. The van der Waals surface area contributed by atoms with Gasteiger partial charge in [0.1, 0.15) is 11.9 Å². The van der Waals surface area contributed by atoms with E-state index in [-0.39, 0.29) is 25.0 Å². The lowest BCUT2D eigenvalue weighted by Crippen LogP contribution is -2.54. The lowest BCUT2D eigenvalue weighted by molar-refractivity contribution is -0.149. The first-order chi connectivity index (χ1) is 21.8. The number of pyridine rings is 2. The first-order valence-corrected chi connectivity index (χ1v) is 17.4. The second kappa shape index (κ2) is 16.0. The Labute approximate surface area is 271 Å². The highest BCUT2D eigenvalue weighted by atomic mass is 32.2. The van der Waals surface area contributed by atoms with Crippen molar-refractivity contribution >= 4 is 34.6 Å². The van der Waals surface area contributed by atoms with E-state index in [1.807, 2.05) is 16.9 Å². The molecule has 0 radical (unpaired) electrons. The summed E-state index contributed by atoms with van der Waals surface area (Å²) in [6.07, 6.45) is 6.86. The largest absolute Gasteiger partial charge is 0.474 e. The van der Waals surface area contributed by atoms with Crippen LogP contribution in [0.5, 0.6) is 5.88 Å². The van der Waals surface area contributed by atoms with Crippen molar-refractivity contribution in [1.82, 2.24) is 24.6 Å². The normalized spacial score (nSPS) is 19.8. The van der Waals surface area contributed by atoms with Crippen LogP contribution in [-0.2, 0) is 25.6 Å². The Morgan fingerprint density at radius 1 is 1.11 bits per heavy atom. The van der Waals surface area contributed by atoms with Crippen molar-refractivity contribution in [1.29, 1.82) is 0 Å². The Morgan fingerprint density at radius 3 is 2.30 bits per heavy atom. The first-order valence-electron chi connectivity index (χ1n) is 15.5. The average Bonchev–Trinajstić information content (AvgIpc) is 3.02. The Bertz CT molecular complexity index is 1440. The smallest absolute Gasteiger partial charge is 0.376 e. The maximum absolute atomic E-state index is 15.5. The third-order valence-corrected chi connectivity index (χ3v) is 9.09. The molecular formula is C30H43BFN7O6S. The highest BCUT2D eigenvalue weighted by molar-refractivity contribution is 7.86. The van der Waals surface area contributed by atoms with Crippen LogP contribution in [0, 0.1) is 6.57 Å². The predicted molar refractivity (Wildman–Crippen MR) is 172 cm³/mol. The molecule has 0 aliphatic carbocycles. The van der Waals surface area contributed by atoms with Gasteiger partial charge in [0.25, 0.3) is 16.0 Å². The zero-order valence-corrected chi connectivity index (χ0v) is 27.2. The van der Waals surface area contributed by atoms with Crippen LogP contribution in [0.4, 0.5) is 15.9 Å². The Hall–Kier alpha value is -3.36. The maximum Gasteiger partial charge on any atom is 0.376 e. The lowest BCUT2D eigenvalue weighted by Gasteiger charge is -2.40. The number of alkyl halides is 1. The van der Waals surface area contributed by atoms with Crippen LogP contribution in [0.15, 0.2) is 36.7 Å². The highest BCUT2D eigenvalue weighted by Crippen LogP contribution is 2.31. The number of nitrogens with zero attached hydrogens (tertiary/aromatic N) is 6. The Morgan fingerprint density at radius 2 is 1.76 bits per heavy atom. The molecule has 0 bridgehead atoms. The van der Waals surface area contributed by atoms with Gasteiger partial charge in [-0.05, 0) is 62.6 Å². The van der Waals surface area contributed by atoms with Gasteiger partial charge < -0.3 is 25.2 Å². The van der Waals surface area contributed by atoms with Gasteiger partial charge in [-0.1, -0.05) is 0 Å². The van der Waals surface area contributed by atoms with Crippen LogP contribution in [0.2, 0.25) is 6.82 Å². The first kappa shape index (κ1) is 35.5. The number of piperidine rings is 3. The summed E-state index contributed by atoms with van der Waals surface area (Å²) in [5, 5.41) is 9.26. The van der Waals surface area contributed by atoms with Gasteiger partial charge in [-0.3, -0.25) is 13.9 Å². The molecule has 5 rings (SSSR count). The quantitative estimate of drug-likeness (QED) is 0.244. The molecule has 3 fully saturated rings. The minimum atomic E-state index is -3.34. The number of halogens is 1. The fourth-order valence-electron chi connectivity index (χ4n) is 5.86. The van der Waals surface area contributed by atoms with Gasteiger partial charge in [0.15, 0.2) is 5.67 Å². The van der Waals surface area contributed by atoms with Crippen molar-refractivity contribution < 1.29 is 31.5 Å². The molecule has 13 nitrogen and oxygen atoms in total. The minimum absolute atomic E-state index is 0.0736. The third kappa shape index (κ3) is 10.6. The Kier molecular flexibility index (Phi) is 12.3. The molecule has 0 atom stereocenters. The highest BCUT2D eigenvalue weighted by Gasteiger charge is 2.44. The van der Waals surface area contributed by atoms with E-state index in [0.717, 1.165) is 11.8 Å². The van der Waals surface area contributed by atoms with Crippen molar-refractivity contribution in [2.75, 3.05) is 51.3 Å². The van der Waals surface area contributed by atoms with E-state index in [9.17, 15) is 18.2 Å². The monoisotopic (exact) mass is 659 g/mol. The SMILES string of the molecule is CB(O)N1CCC(OS(C)(=O)=O)CC1.[C-]#[N+]c1ccc(OC2CCN(C(=O)C3(F)CCN(Cc4ccnc(N)c4)CC3)CC2)nc1. The number of carbonyl (C=O) groups is 1. The van der Waals surface area contributed by atoms with E-state index in [0.29, 0.717) is 88.9 Å². The summed E-state index contributed by atoms with van der Waals surface area (Å²) in [7, 11) is -3.81. The number of nitrogens with two attached hydrogens (primary N) is 1. The summed E-state index contributed by atoms with van der Waals surface area (Å²) < 4.78 is 47.9. The van der Waals surface area contributed by atoms with Crippen molar-refractivity contribution in [3.8, 4) is 5.88 Å². The minimum Gasteiger partial charge on any atom is -0.474 e. The van der Waals surface area contributed by atoms with E-state index in [1.54, 1.807) is 30.1 Å². The van der Waals surface area contributed by atoms with Gasteiger partial charge in [0.2, 0.25) is 11.6 Å². The molecule has 16 heteroatoms. The number of hydrogen-bond acceptors (Lipinski definition) is 11. The second-order valence-electron chi connectivity index (χ2n) is 12.1. The molecule has 3 saturated heterocycles. The van der Waals surface area contributed by atoms with Crippen LogP contribution in [0.3, 0.4) is 0 Å². The van der Waals surface area contributed by atoms with Crippen molar-refractivity contribution in [2.24, 2.45) is 0 Å². The van der Waals surface area contributed by atoms with Gasteiger partial charge in [0.05, 0.1) is 18.9 Å². The number of amides is 1. The molecule has 3 N–H and O–H groups in total. The van der Waals surface area contributed by atoms with Crippen LogP contribution < -0.4 is 10.5 Å². The summed E-state index contributed by atoms with van der Waals surface area (Å²) in [6, 6.07) is 7.06. The van der Waals surface area contributed by atoms with Crippen LogP contribution >= 0.6 is 0 Å². The molecule has 0 aromatic carbocycles. The molecule has 0 unspecified atom stereocenters. The number of carbonyl (C=O) groups excluding carboxylic acids is 1. The van der Waals surface area contributed by atoms with Crippen molar-refractivity contribution in [3.05, 3.63) is 53.6 Å². The van der Waals surface area contributed by atoms with Gasteiger partial charge >= 0.3 is 7.05 Å². The number of likely N-dealkylation sites (tertiary alicyclic amines) is 2. The lowest BCUT2D eigenvalue weighted by atomic mass is 9.82. The molecule has 2 aromatic heterocycles. The van der Waals surface area contributed by atoms with Gasteiger partial charge in [-0.25, -0.2) is 19.2 Å². The van der Waals surface area contributed by atoms with E-state index in [4.69, 9.17) is 21.2 Å². The molecule has 3 aliphatic heterocycles. The summed E-state index contributed by atoms with van der Waals surface area (Å²) in [5.74, 6) is 0.536. The topological polar surface area (TPSA) is 156 Å². The number of hydrogen-bond donors (Lipinski definition) is 2. The zero-order chi connectivity index (χ0) is 33.3. The molecule has 3 aliphatic rings. The molecule has 2 aromatic rings. The van der Waals surface area contributed by atoms with Crippen LogP contribution in [0.1, 0.15) is 44.1 Å². The molecule has 250 valence electrons.